The van der Waals surface area contributed by atoms with Gasteiger partial charge in [-0.2, -0.15) is 5.10 Å². The highest BCUT2D eigenvalue weighted by molar-refractivity contribution is 6.39. The van der Waals surface area contributed by atoms with Crippen LogP contribution in [0, 0.1) is 0 Å². The standard InChI is InChI=1S/C14H23N5O3/c1-9(2)15-14(22)16-10-5-7-19(8-6-10)13(21)11-3-4-12(20)18-17-11/h9-10H,3-8H2,1-2H3,(H,18,20)(H2,15,16,22). The van der Waals surface area contributed by atoms with E-state index in [0.717, 1.165) is 12.8 Å². The number of hydrazone groups is 1. The zero-order valence-corrected chi connectivity index (χ0v) is 13.0. The van der Waals surface area contributed by atoms with Crippen molar-refractivity contribution in [2.45, 2.75) is 51.6 Å². The second kappa shape index (κ2) is 7.24. The first-order chi connectivity index (χ1) is 10.5. The molecule has 2 aliphatic rings. The molecule has 0 unspecified atom stereocenters. The summed E-state index contributed by atoms with van der Waals surface area (Å²) in [6, 6.07) is 0.0103. The van der Waals surface area contributed by atoms with E-state index in [4.69, 9.17) is 0 Å². The molecule has 0 saturated carbocycles. The first-order valence-electron chi connectivity index (χ1n) is 7.67. The van der Waals surface area contributed by atoms with Crippen molar-refractivity contribution in [3.8, 4) is 0 Å². The lowest BCUT2D eigenvalue weighted by molar-refractivity contribution is -0.125. The third kappa shape index (κ3) is 4.44. The molecule has 0 aromatic heterocycles. The van der Waals surface area contributed by atoms with Crippen molar-refractivity contribution in [3.05, 3.63) is 0 Å². The monoisotopic (exact) mass is 309 g/mol. The Bertz CT molecular complexity index is 481. The number of nitrogens with zero attached hydrogens (tertiary/aromatic N) is 2. The second-order valence-corrected chi connectivity index (χ2v) is 5.93. The molecule has 0 atom stereocenters. The van der Waals surface area contributed by atoms with Crippen LogP contribution in [-0.4, -0.2) is 53.6 Å². The molecule has 0 radical (unpaired) electrons. The molecule has 2 heterocycles. The highest BCUT2D eigenvalue weighted by Gasteiger charge is 2.28. The first-order valence-corrected chi connectivity index (χ1v) is 7.67. The van der Waals surface area contributed by atoms with E-state index < -0.39 is 0 Å². The third-order valence-electron chi connectivity index (χ3n) is 3.69. The van der Waals surface area contributed by atoms with Crippen LogP contribution in [0.25, 0.3) is 0 Å². The van der Waals surface area contributed by atoms with Gasteiger partial charge in [-0.1, -0.05) is 0 Å². The minimum absolute atomic E-state index is 0.0794. The van der Waals surface area contributed by atoms with E-state index in [9.17, 15) is 14.4 Å². The predicted molar refractivity (Wildman–Crippen MR) is 81.2 cm³/mol. The molecule has 2 aliphatic heterocycles. The summed E-state index contributed by atoms with van der Waals surface area (Å²) < 4.78 is 0. The summed E-state index contributed by atoms with van der Waals surface area (Å²) in [5.74, 6) is -0.277. The highest BCUT2D eigenvalue weighted by atomic mass is 16.2. The number of hydrogen-bond acceptors (Lipinski definition) is 4. The van der Waals surface area contributed by atoms with Crippen molar-refractivity contribution in [1.82, 2.24) is 21.0 Å². The summed E-state index contributed by atoms with van der Waals surface area (Å²) in [4.78, 5) is 36.7. The molecule has 0 aliphatic carbocycles. The van der Waals surface area contributed by atoms with Crippen LogP contribution in [0.4, 0.5) is 4.79 Å². The number of amides is 4. The van der Waals surface area contributed by atoms with Crippen LogP contribution in [0.1, 0.15) is 39.5 Å². The SMILES string of the molecule is CC(C)NC(=O)NC1CCN(C(=O)C2=NNC(=O)CC2)CC1. The number of urea groups is 1. The van der Waals surface area contributed by atoms with Gasteiger partial charge in [0.2, 0.25) is 5.91 Å². The Hall–Kier alpha value is -2.12. The van der Waals surface area contributed by atoms with E-state index in [0.29, 0.717) is 31.6 Å². The van der Waals surface area contributed by atoms with E-state index in [1.54, 1.807) is 4.90 Å². The summed E-state index contributed by atoms with van der Waals surface area (Å²) in [5.41, 5.74) is 2.75. The van der Waals surface area contributed by atoms with Gasteiger partial charge < -0.3 is 15.5 Å². The molecule has 0 spiro atoms. The molecule has 4 amide bonds. The second-order valence-electron chi connectivity index (χ2n) is 5.93. The molecule has 1 fully saturated rings. The van der Waals surface area contributed by atoms with Gasteiger partial charge in [-0.05, 0) is 26.7 Å². The fraction of sp³-hybridized carbons (Fsp3) is 0.714. The molecule has 122 valence electrons. The lowest BCUT2D eigenvalue weighted by Gasteiger charge is -2.33. The van der Waals surface area contributed by atoms with Crippen LogP contribution in [0.5, 0.6) is 0 Å². The Morgan fingerprint density at radius 1 is 1.27 bits per heavy atom. The van der Waals surface area contributed by atoms with Crippen LogP contribution in [0.15, 0.2) is 5.10 Å². The quantitative estimate of drug-likeness (QED) is 0.681. The molecule has 2 rings (SSSR count). The molecule has 0 aromatic rings. The lowest BCUT2D eigenvalue weighted by atomic mass is 10.0. The van der Waals surface area contributed by atoms with Crippen LogP contribution in [0.2, 0.25) is 0 Å². The topological polar surface area (TPSA) is 103 Å². The number of carbonyl (C=O) groups excluding carboxylic acids is 3. The van der Waals surface area contributed by atoms with Crippen LogP contribution < -0.4 is 16.1 Å². The van der Waals surface area contributed by atoms with Crippen molar-refractivity contribution in [3.63, 3.8) is 0 Å². The maximum Gasteiger partial charge on any atom is 0.315 e. The molecule has 0 bridgehead atoms. The zero-order valence-electron chi connectivity index (χ0n) is 13.0. The van der Waals surface area contributed by atoms with Gasteiger partial charge in [-0.15, -0.1) is 0 Å². The Labute approximate surface area is 129 Å². The van der Waals surface area contributed by atoms with Crippen molar-refractivity contribution < 1.29 is 14.4 Å². The summed E-state index contributed by atoms with van der Waals surface area (Å²) in [6.07, 6.45) is 2.13. The van der Waals surface area contributed by atoms with Crippen LogP contribution in [-0.2, 0) is 9.59 Å². The molecular weight excluding hydrogens is 286 g/mol. The van der Waals surface area contributed by atoms with Gasteiger partial charge in [0.05, 0.1) is 0 Å². The number of nitrogens with one attached hydrogen (secondary N) is 3. The Morgan fingerprint density at radius 3 is 2.50 bits per heavy atom. The summed E-state index contributed by atoms with van der Waals surface area (Å²) >= 11 is 0. The fourth-order valence-electron chi connectivity index (χ4n) is 2.53. The smallest absolute Gasteiger partial charge is 0.315 e. The number of likely N-dealkylation sites (tertiary alicyclic amines) is 1. The van der Waals surface area contributed by atoms with Gasteiger partial charge in [0.25, 0.3) is 5.91 Å². The number of hydrogen-bond donors (Lipinski definition) is 3. The molecule has 0 aromatic carbocycles. The maximum atomic E-state index is 12.3. The van der Waals surface area contributed by atoms with E-state index in [2.05, 4.69) is 21.2 Å². The third-order valence-corrected chi connectivity index (χ3v) is 3.69. The number of carbonyl (C=O) groups is 3. The van der Waals surface area contributed by atoms with Crippen LogP contribution >= 0.6 is 0 Å². The molecule has 1 saturated heterocycles. The van der Waals surface area contributed by atoms with E-state index >= 15 is 0 Å². The van der Waals surface area contributed by atoms with Crippen molar-refractivity contribution in [2.24, 2.45) is 5.10 Å². The van der Waals surface area contributed by atoms with Gasteiger partial charge in [-0.25, -0.2) is 10.2 Å². The normalized spacial score (nSPS) is 19.5. The number of rotatable bonds is 3. The van der Waals surface area contributed by atoms with Gasteiger partial charge in [0.1, 0.15) is 5.71 Å². The fourth-order valence-corrected chi connectivity index (χ4v) is 2.53. The van der Waals surface area contributed by atoms with E-state index in [1.807, 2.05) is 13.8 Å². The Balaban J connectivity index is 1.78. The zero-order chi connectivity index (χ0) is 16.1. The van der Waals surface area contributed by atoms with Crippen molar-refractivity contribution in [2.75, 3.05) is 13.1 Å². The maximum absolute atomic E-state index is 12.3. The Kier molecular flexibility index (Phi) is 5.35. The predicted octanol–water partition coefficient (Wildman–Crippen LogP) is -0.0490. The average Bonchev–Trinajstić information content (AvgIpc) is 2.47. The Morgan fingerprint density at radius 2 is 1.95 bits per heavy atom. The summed E-state index contributed by atoms with van der Waals surface area (Å²) in [7, 11) is 0. The largest absolute Gasteiger partial charge is 0.337 e. The minimum Gasteiger partial charge on any atom is -0.337 e. The number of piperidine rings is 1. The van der Waals surface area contributed by atoms with Gasteiger partial charge in [-0.3, -0.25) is 9.59 Å². The van der Waals surface area contributed by atoms with Gasteiger partial charge in [0, 0.05) is 38.0 Å². The van der Waals surface area contributed by atoms with E-state index in [1.165, 1.54) is 0 Å². The molecular formula is C14H23N5O3. The van der Waals surface area contributed by atoms with Gasteiger partial charge >= 0.3 is 6.03 Å². The minimum atomic E-state index is -0.167. The lowest BCUT2D eigenvalue weighted by Crippen LogP contribution is -2.51. The summed E-state index contributed by atoms with van der Waals surface area (Å²) in [5, 5.41) is 9.54. The molecule has 8 nitrogen and oxygen atoms in total. The van der Waals surface area contributed by atoms with Crippen LogP contribution in [0.3, 0.4) is 0 Å². The molecule has 22 heavy (non-hydrogen) atoms. The van der Waals surface area contributed by atoms with Crippen molar-refractivity contribution in [1.29, 1.82) is 0 Å². The highest BCUT2D eigenvalue weighted by Crippen LogP contribution is 2.13. The molecule has 3 N–H and O–H groups in total. The summed E-state index contributed by atoms with van der Waals surface area (Å²) in [6.45, 7) is 4.98. The first kappa shape index (κ1) is 16.3. The van der Waals surface area contributed by atoms with Crippen molar-refractivity contribution >= 4 is 23.6 Å². The van der Waals surface area contributed by atoms with E-state index in [-0.39, 0.29) is 29.9 Å². The average molecular weight is 309 g/mol. The molecule has 8 heteroatoms. The van der Waals surface area contributed by atoms with Gasteiger partial charge in [0.15, 0.2) is 0 Å².